The fraction of sp³-hybridized carbons (Fsp3) is 0.571. The van der Waals surface area contributed by atoms with Crippen LogP contribution in [0.15, 0.2) is 0 Å². The standard InChI is InChI=1S/C7H10BrNO4/c1-4(7(12)13-2)9-6(11)5(10)3-8/h4H,3H2,1-2H3,(H,9,11)/t4-/m1/s1. The lowest BCUT2D eigenvalue weighted by Crippen LogP contribution is -2.42. The largest absolute Gasteiger partial charge is 0.467 e. The second kappa shape index (κ2) is 5.69. The number of nitrogens with one attached hydrogen (secondary N) is 1. The van der Waals surface area contributed by atoms with Crippen molar-refractivity contribution >= 4 is 33.6 Å². The van der Waals surface area contributed by atoms with Gasteiger partial charge in [0.1, 0.15) is 6.04 Å². The van der Waals surface area contributed by atoms with Gasteiger partial charge in [-0.05, 0) is 6.92 Å². The van der Waals surface area contributed by atoms with Crippen LogP contribution in [-0.2, 0) is 19.1 Å². The van der Waals surface area contributed by atoms with Crippen molar-refractivity contribution in [3.8, 4) is 0 Å². The molecule has 0 radical (unpaired) electrons. The van der Waals surface area contributed by atoms with E-state index in [1.165, 1.54) is 14.0 Å². The zero-order chi connectivity index (χ0) is 10.4. The molecule has 0 saturated heterocycles. The molecule has 13 heavy (non-hydrogen) atoms. The molecule has 0 spiro atoms. The Kier molecular flexibility index (Phi) is 5.29. The number of carbonyl (C=O) groups is 3. The second-order valence-corrected chi connectivity index (χ2v) is 2.84. The van der Waals surface area contributed by atoms with Crippen LogP contribution in [0.2, 0.25) is 0 Å². The van der Waals surface area contributed by atoms with Crippen molar-refractivity contribution in [2.75, 3.05) is 12.4 Å². The number of Topliss-reactive ketones (excluding diaryl/α,β-unsaturated/α-hetero) is 1. The van der Waals surface area contributed by atoms with Crippen LogP contribution in [0.3, 0.4) is 0 Å². The molecule has 1 N–H and O–H groups in total. The van der Waals surface area contributed by atoms with Crippen LogP contribution in [0, 0.1) is 0 Å². The fourth-order valence-corrected chi connectivity index (χ4v) is 0.828. The molecule has 0 aliphatic carbocycles. The molecule has 0 unspecified atom stereocenters. The Morgan fingerprint density at radius 3 is 2.38 bits per heavy atom. The van der Waals surface area contributed by atoms with E-state index in [4.69, 9.17) is 0 Å². The molecule has 1 amide bonds. The van der Waals surface area contributed by atoms with Crippen molar-refractivity contribution in [1.82, 2.24) is 5.32 Å². The van der Waals surface area contributed by atoms with Crippen molar-refractivity contribution in [3.63, 3.8) is 0 Å². The van der Waals surface area contributed by atoms with Crippen LogP contribution in [-0.4, -0.2) is 36.1 Å². The first-order valence-corrected chi connectivity index (χ1v) is 4.62. The van der Waals surface area contributed by atoms with Crippen LogP contribution >= 0.6 is 15.9 Å². The number of halogens is 1. The van der Waals surface area contributed by atoms with E-state index in [0.717, 1.165) is 0 Å². The smallest absolute Gasteiger partial charge is 0.328 e. The number of hydrogen-bond donors (Lipinski definition) is 1. The number of esters is 1. The quantitative estimate of drug-likeness (QED) is 0.421. The third kappa shape index (κ3) is 4.02. The van der Waals surface area contributed by atoms with Gasteiger partial charge in [0.15, 0.2) is 0 Å². The Balaban J connectivity index is 4.06. The van der Waals surface area contributed by atoms with Crippen LogP contribution in [0.5, 0.6) is 0 Å². The summed E-state index contributed by atoms with van der Waals surface area (Å²) in [5, 5.41) is 2.13. The van der Waals surface area contributed by atoms with Crippen LogP contribution in [0.4, 0.5) is 0 Å². The van der Waals surface area contributed by atoms with E-state index in [2.05, 4.69) is 26.0 Å². The summed E-state index contributed by atoms with van der Waals surface area (Å²) in [4.78, 5) is 32.5. The predicted octanol–water partition coefficient (Wildman–Crippen LogP) is -0.372. The van der Waals surface area contributed by atoms with Gasteiger partial charge in [-0.2, -0.15) is 0 Å². The number of ketones is 1. The molecule has 5 nitrogen and oxygen atoms in total. The first kappa shape index (κ1) is 12.1. The first-order valence-electron chi connectivity index (χ1n) is 3.50. The van der Waals surface area contributed by atoms with E-state index >= 15 is 0 Å². The lowest BCUT2D eigenvalue weighted by atomic mass is 10.3. The Hall–Kier alpha value is -0.910. The normalized spacial score (nSPS) is 11.6. The average Bonchev–Trinajstić information content (AvgIpc) is 2.14. The topological polar surface area (TPSA) is 72.5 Å². The van der Waals surface area contributed by atoms with Gasteiger partial charge in [0, 0.05) is 0 Å². The summed E-state index contributed by atoms with van der Waals surface area (Å²) in [6, 6.07) is -0.805. The molecule has 0 aromatic rings. The molecule has 0 aromatic carbocycles. The highest BCUT2D eigenvalue weighted by Gasteiger charge is 2.19. The number of amides is 1. The van der Waals surface area contributed by atoms with Crippen LogP contribution in [0.25, 0.3) is 0 Å². The first-order chi connectivity index (χ1) is 6.02. The molecule has 0 aromatic heterocycles. The monoisotopic (exact) mass is 251 g/mol. The molecule has 0 fully saturated rings. The molecule has 0 aliphatic rings. The van der Waals surface area contributed by atoms with Gasteiger partial charge in [0.05, 0.1) is 12.4 Å². The molecule has 1 atom stereocenters. The van der Waals surface area contributed by atoms with E-state index in [1.807, 2.05) is 0 Å². The molecule has 0 rings (SSSR count). The number of methoxy groups -OCH3 is 1. The fourth-order valence-electron chi connectivity index (χ4n) is 0.574. The third-order valence-corrected chi connectivity index (χ3v) is 1.79. The molecule has 0 heterocycles. The van der Waals surface area contributed by atoms with Crippen molar-refractivity contribution in [2.45, 2.75) is 13.0 Å². The van der Waals surface area contributed by atoms with E-state index in [-0.39, 0.29) is 5.33 Å². The maximum atomic E-state index is 10.9. The Morgan fingerprint density at radius 1 is 1.46 bits per heavy atom. The molecule has 6 heteroatoms. The zero-order valence-corrected chi connectivity index (χ0v) is 8.88. The van der Waals surface area contributed by atoms with Gasteiger partial charge < -0.3 is 10.1 Å². The van der Waals surface area contributed by atoms with E-state index in [0.29, 0.717) is 0 Å². The lowest BCUT2D eigenvalue weighted by molar-refractivity contribution is -0.145. The summed E-state index contributed by atoms with van der Waals surface area (Å²) in [6.07, 6.45) is 0. The van der Waals surface area contributed by atoms with E-state index < -0.39 is 23.7 Å². The summed E-state index contributed by atoms with van der Waals surface area (Å²) in [5.74, 6) is -2.01. The highest BCUT2D eigenvalue weighted by atomic mass is 79.9. The minimum atomic E-state index is -0.805. The summed E-state index contributed by atoms with van der Waals surface area (Å²) < 4.78 is 4.35. The Morgan fingerprint density at radius 2 is 2.00 bits per heavy atom. The van der Waals surface area contributed by atoms with Crippen LogP contribution < -0.4 is 5.32 Å². The molecule has 0 bridgehead atoms. The molecule has 0 saturated carbocycles. The van der Waals surface area contributed by atoms with Crippen LogP contribution in [0.1, 0.15) is 6.92 Å². The van der Waals surface area contributed by atoms with Crippen molar-refractivity contribution < 1.29 is 19.1 Å². The van der Waals surface area contributed by atoms with Gasteiger partial charge in [-0.15, -0.1) is 0 Å². The van der Waals surface area contributed by atoms with Gasteiger partial charge in [-0.3, -0.25) is 9.59 Å². The minimum absolute atomic E-state index is 0.0628. The van der Waals surface area contributed by atoms with Gasteiger partial charge in [0.2, 0.25) is 5.78 Å². The second-order valence-electron chi connectivity index (χ2n) is 2.28. The van der Waals surface area contributed by atoms with Gasteiger partial charge in [-0.1, -0.05) is 15.9 Å². The summed E-state index contributed by atoms with van der Waals surface area (Å²) in [7, 11) is 1.21. The van der Waals surface area contributed by atoms with Crippen molar-refractivity contribution in [2.24, 2.45) is 0 Å². The van der Waals surface area contributed by atoms with Gasteiger partial charge in [0.25, 0.3) is 5.91 Å². The predicted molar refractivity (Wildman–Crippen MR) is 48.4 cm³/mol. The molecular weight excluding hydrogens is 242 g/mol. The average molecular weight is 252 g/mol. The summed E-state index contributed by atoms with van der Waals surface area (Å²) >= 11 is 2.83. The number of hydrogen-bond acceptors (Lipinski definition) is 4. The molecule has 74 valence electrons. The SMILES string of the molecule is COC(=O)[C@@H](C)NC(=O)C(=O)CBr. The number of rotatable bonds is 4. The highest BCUT2D eigenvalue weighted by molar-refractivity contribution is 9.09. The lowest BCUT2D eigenvalue weighted by Gasteiger charge is -2.09. The maximum absolute atomic E-state index is 10.9. The number of ether oxygens (including phenoxy) is 1. The minimum Gasteiger partial charge on any atom is -0.467 e. The Bertz CT molecular complexity index is 229. The Labute approximate surface area is 83.9 Å². The highest BCUT2D eigenvalue weighted by Crippen LogP contribution is 1.88. The van der Waals surface area contributed by atoms with Gasteiger partial charge >= 0.3 is 5.97 Å². The molecular formula is C7H10BrNO4. The number of alkyl halides is 1. The van der Waals surface area contributed by atoms with Gasteiger partial charge in [-0.25, -0.2) is 4.79 Å². The maximum Gasteiger partial charge on any atom is 0.328 e. The number of carbonyl (C=O) groups excluding carboxylic acids is 3. The van der Waals surface area contributed by atoms with Crippen molar-refractivity contribution in [3.05, 3.63) is 0 Å². The zero-order valence-electron chi connectivity index (χ0n) is 7.30. The third-order valence-electron chi connectivity index (χ3n) is 1.28. The van der Waals surface area contributed by atoms with E-state index in [9.17, 15) is 14.4 Å². The van der Waals surface area contributed by atoms with Crippen molar-refractivity contribution in [1.29, 1.82) is 0 Å². The van der Waals surface area contributed by atoms with E-state index in [1.54, 1.807) is 0 Å². The summed E-state index contributed by atoms with van der Waals surface area (Å²) in [6.45, 7) is 1.44. The molecule has 0 aliphatic heterocycles. The summed E-state index contributed by atoms with van der Waals surface area (Å²) in [5.41, 5.74) is 0.